The van der Waals surface area contributed by atoms with Crippen LogP contribution in [0.5, 0.6) is 0 Å². The highest BCUT2D eigenvalue weighted by molar-refractivity contribution is 5.81. The Hall–Kier alpha value is -4.45. The summed E-state index contributed by atoms with van der Waals surface area (Å²) in [6.45, 7) is -0.537. The van der Waals surface area contributed by atoms with Crippen LogP contribution in [0.1, 0.15) is 48.4 Å². The first-order valence-electron chi connectivity index (χ1n) is 11.1. The molecule has 4 heterocycles. The van der Waals surface area contributed by atoms with Gasteiger partial charge in [-0.2, -0.15) is 15.6 Å². The van der Waals surface area contributed by atoms with E-state index in [0.717, 1.165) is 41.6 Å². The van der Waals surface area contributed by atoms with E-state index in [1.54, 1.807) is 12.5 Å². The number of aromatic nitrogens is 7. The quantitative estimate of drug-likeness (QED) is 0.430. The van der Waals surface area contributed by atoms with Gasteiger partial charge in [0.15, 0.2) is 0 Å². The molecule has 0 bridgehead atoms. The number of fused-ring (bicyclic) bond motifs is 1. The number of hydrogen-bond acceptors (Lipinski definition) is 8. The second-order valence-corrected chi connectivity index (χ2v) is 8.41. The summed E-state index contributed by atoms with van der Waals surface area (Å²) in [6, 6.07) is 4.33. The third-order valence-corrected chi connectivity index (χ3v) is 6.14. The van der Waals surface area contributed by atoms with Crippen LogP contribution in [0.25, 0.3) is 22.3 Å². The van der Waals surface area contributed by atoms with Crippen LogP contribution in [0.3, 0.4) is 0 Å². The number of nitriles is 2. The first kappa shape index (κ1) is 22.3. The summed E-state index contributed by atoms with van der Waals surface area (Å²) in [5, 5.41) is 26.5. The second kappa shape index (κ2) is 9.43. The van der Waals surface area contributed by atoms with Gasteiger partial charge in [0.1, 0.15) is 29.8 Å². The van der Waals surface area contributed by atoms with Crippen molar-refractivity contribution < 1.29 is 8.78 Å². The summed E-state index contributed by atoms with van der Waals surface area (Å²) in [4.78, 5) is 20.6. The van der Waals surface area contributed by atoms with Gasteiger partial charge in [0.2, 0.25) is 5.95 Å². The SMILES string of the molecule is N#Cc1cnc(N[C@@H]2CCC[C@H](c3ncc4[nH]cnc4c3C#N)C2)nc1-c1cnn(CC(F)F)c1. The molecule has 5 rings (SSSR count). The fourth-order valence-corrected chi connectivity index (χ4v) is 4.57. The van der Waals surface area contributed by atoms with E-state index in [2.05, 4.69) is 41.4 Å². The lowest BCUT2D eigenvalue weighted by atomic mass is 9.82. The number of alkyl halides is 2. The smallest absolute Gasteiger partial charge is 0.257 e. The summed E-state index contributed by atoms with van der Waals surface area (Å²) >= 11 is 0. The van der Waals surface area contributed by atoms with Crippen molar-refractivity contribution in [3.8, 4) is 23.4 Å². The Balaban J connectivity index is 1.37. The summed E-state index contributed by atoms with van der Waals surface area (Å²) in [7, 11) is 0. The lowest BCUT2D eigenvalue weighted by Crippen LogP contribution is -2.28. The van der Waals surface area contributed by atoms with Gasteiger partial charge >= 0.3 is 0 Å². The predicted octanol–water partition coefficient (Wildman–Crippen LogP) is 3.76. The second-order valence-electron chi connectivity index (χ2n) is 8.41. The van der Waals surface area contributed by atoms with Crippen LogP contribution in [0, 0.1) is 22.7 Å². The van der Waals surface area contributed by atoms with Gasteiger partial charge in [-0.05, 0) is 19.3 Å². The fraction of sp³-hybridized carbons (Fsp3) is 0.348. The van der Waals surface area contributed by atoms with Gasteiger partial charge in [0.25, 0.3) is 6.43 Å². The molecular weight excluding hydrogens is 454 g/mol. The molecular formula is C23H20F2N10. The van der Waals surface area contributed by atoms with Gasteiger partial charge in [-0.1, -0.05) is 6.42 Å². The molecule has 1 aliphatic rings. The maximum atomic E-state index is 12.7. The average Bonchev–Trinajstić information content (AvgIpc) is 3.53. The summed E-state index contributed by atoms with van der Waals surface area (Å²) < 4.78 is 26.5. The molecule has 0 radical (unpaired) electrons. The lowest BCUT2D eigenvalue weighted by Gasteiger charge is -2.30. The van der Waals surface area contributed by atoms with Gasteiger partial charge in [0, 0.05) is 23.7 Å². The van der Waals surface area contributed by atoms with E-state index in [1.807, 2.05) is 6.07 Å². The maximum absolute atomic E-state index is 12.7. The van der Waals surface area contributed by atoms with Crippen LogP contribution in [0.4, 0.5) is 14.7 Å². The highest BCUT2D eigenvalue weighted by Crippen LogP contribution is 2.36. The van der Waals surface area contributed by atoms with Crippen molar-refractivity contribution in [3.63, 3.8) is 0 Å². The van der Waals surface area contributed by atoms with E-state index < -0.39 is 13.0 Å². The van der Waals surface area contributed by atoms with Crippen molar-refractivity contribution in [3.05, 3.63) is 47.9 Å². The van der Waals surface area contributed by atoms with Crippen LogP contribution in [0.2, 0.25) is 0 Å². The lowest BCUT2D eigenvalue weighted by molar-refractivity contribution is 0.122. The molecule has 0 aliphatic heterocycles. The minimum Gasteiger partial charge on any atom is -0.351 e. The average molecular weight is 474 g/mol. The third kappa shape index (κ3) is 4.51. The molecule has 4 aromatic rings. The molecule has 12 heteroatoms. The largest absolute Gasteiger partial charge is 0.351 e. The molecule has 35 heavy (non-hydrogen) atoms. The number of nitrogens with zero attached hydrogens (tertiary/aromatic N) is 8. The van der Waals surface area contributed by atoms with Gasteiger partial charge in [-0.15, -0.1) is 0 Å². The van der Waals surface area contributed by atoms with E-state index in [9.17, 15) is 19.3 Å². The Morgan fingerprint density at radius 3 is 2.83 bits per heavy atom. The Morgan fingerprint density at radius 1 is 1.14 bits per heavy atom. The number of imidazole rings is 1. The summed E-state index contributed by atoms with van der Waals surface area (Å²) in [6.07, 6.45) is 8.42. The molecule has 1 aliphatic carbocycles. The van der Waals surface area contributed by atoms with Crippen molar-refractivity contribution in [1.82, 2.24) is 34.7 Å². The van der Waals surface area contributed by atoms with Crippen LogP contribution >= 0.6 is 0 Å². The molecule has 10 nitrogen and oxygen atoms in total. The van der Waals surface area contributed by atoms with Gasteiger partial charge < -0.3 is 10.3 Å². The van der Waals surface area contributed by atoms with Crippen molar-refractivity contribution in [2.24, 2.45) is 0 Å². The van der Waals surface area contributed by atoms with E-state index in [-0.39, 0.29) is 17.5 Å². The summed E-state index contributed by atoms with van der Waals surface area (Å²) in [5.41, 5.74) is 3.60. The molecule has 1 fully saturated rings. The van der Waals surface area contributed by atoms with Crippen molar-refractivity contribution in [1.29, 1.82) is 10.5 Å². The van der Waals surface area contributed by atoms with Crippen molar-refractivity contribution in [2.45, 2.75) is 50.6 Å². The number of pyridine rings is 1. The van der Waals surface area contributed by atoms with Crippen molar-refractivity contribution in [2.75, 3.05) is 5.32 Å². The number of H-pyrrole nitrogens is 1. The Morgan fingerprint density at radius 2 is 2.03 bits per heavy atom. The Bertz CT molecular complexity index is 1440. The normalized spacial score (nSPS) is 17.9. The van der Waals surface area contributed by atoms with Crippen molar-refractivity contribution >= 4 is 17.0 Å². The highest BCUT2D eigenvalue weighted by Gasteiger charge is 2.28. The first-order valence-corrected chi connectivity index (χ1v) is 11.1. The topological polar surface area (TPSA) is 145 Å². The van der Waals surface area contributed by atoms with E-state index in [4.69, 9.17) is 0 Å². The Kier molecular flexibility index (Phi) is 6.02. The number of hydrogen-bond donors (Lipinski definition) is 2. The molecule has 0 saturated heterocycles. The molecule has 0 spiro atoms. The monoisotopic (exact) mass is 474 g/mol. The minimum absolute atomic E-state index is 0.0271. The zero-order valence-electron chi connectivity index (χ0n) is 18.5. The first-order chi connectivity index (χ1) is 17.1. The third-order valence-electron chi connectivity index (χ3n) is 6.14. The molecule has 1 saturated carbocycles. The van der Waals surface area contributed by atoms with E-state index >= 15 is 0 Å². The van der Waals surface area contributed by atoms with Crippen LogP contribution in [-0.2, 0) is 6.54 Å². The van der Waals surface area contributed by atoms with Crippen LogP contribution in [0.15, 0.2) is 31.1 Å². The van der Waals surface area contributed by atoms with E-state index in [1.165, 1.54) is 18.6 Å². The zero-order valence-corrected chi connectivity index (χ0v) is 18.5. The number of anilines is 1. The Labute approximate surface area is 198 Å². The van der Waals surface area contributed by atoms with Gasteiger partial charge in [-0.25, -0.2) is 23.7 Å². The minimum atomic E-state index is -2.54. The molecule has 2 N–H and O–H groups in total. The molecule has 176 valence electrons. The number of aromatic amines is 1. The molecule has 2 atom stereocenters. The number of rotatable bonds is 6. The van der Waals surface area contributed by atoms with Gasteiger partial charge in [-0.3, -0.25) is 9.67 Å². The molecule has 0 aromatic carbocycles. The summed E-state index contributed by atoms with van der Waals surface area (Å²) in [5.74, 6) is 0.407. The number of nitrogens with one attached hydrogen (secondary N) is 2. The van der Waals surface area contributed by atoms with E-state index in [0.29, 0.717) is 28.3 Å². The van der Waals surface area contributed by atoms with Crippen LogP contribution in [-0.4, -0.2) is 47.2 Å². The highest BCUT2D eigenvalue weighted by atomic mass is 19.3. The van der Waals surface area contributed by atoms with Gasteiger partial charge in [0.05, 0.1) is 47.4 Å². The fourth-order valence-electron chi connectivity index (χ4n) is 4.57. The predicted molar refractivity (Wildman–Crippen MR) is 121 cm³/mol. The maximum Gasteiger partial charge on any atom is 0.257 e. The van der Waals surface area contributed by atoms with Crippen LogP contribution < -0.4 is 5.32 Å². The standard InChI is InChI=1S/C23H20F2N10/c24-19(25)11-35-10-15(8-32-35)20-14(5-26)7-29-23(34-20)33-16-3-1-2-13(4-16)21-17(6-27)22-18(9-28-21)30-12-31-22/h7-10,12-13,16,19H,1-4,11H2,(H,30,31)(H,29,33,34)/t13-,16+/m0/s1. The molecule has 0 unspecified atom stereocenters. The zero-order chi connectivity index (χ0) is 24.4. The molecule has 0 amide bonds. The number of halogens is 2. The molecule has 4 aromatic heterocycles.